The van der Waals surface area contributed by atoms with Crippen molar-refractivity contribution in [2.75, 3.05) is 12.4 Å². The number of carbonyl (C=O) groups excluding carboxylic acids is 1. The molecule has 0 radical (unpaired) electrons. The quantitative estimate of drug-likeness (QED) is 0.309. The van der Waals surface area contributed by atoms with Crippen LogP contribution in [0.4, 0.5) is 0 Å². The van der Waals surface area contributed by atoms with Gasteiger partial charge in [-0.2, -0.15) is 11.8 Å². The van der Waals surface area contributed by atoms with Crippen LogP contribution in [0.5, 0.6) is 0 Å². The topological polar surface area (TPSA) is 52.3 Å². The molecule has 0 amide bonds. The summed E-state index contributed by atoms with van der Waals surface area (Å²) in [5.41, 5.74) is 7.38. The molecule has 4 heteroatoms. The number of hydrogen-bond acceptors (Lipinski definition) is 4. The second-order valence-corrected chi connectivity index (χ2v) is 8.48. The highest BCUT2D eigenvalue weighted by Gasteiger charge is 2.34. The summed E-state index contributed by atoms with van der Waals surface area (Å²) in [4.78, 5) is 11.6. The number of esters is 1. The monoisotopic (exact) mass is 385 g/mol. The molecule has 146 valence electrons. The van der Waals surface area contributed by atoms with E-state index in [2.05, 4.69) is 51.8 Å². The average Bonchev–Trinajstić information content (AvgIpc) is 2.62. The van der Waals surface area contributed by atoms with E-state index in [1.807, 2.05) is 17.8 Å². The normalized spacial score (nSPS) is 22.3. The molecule has 1 unspecified atom stereocenters. The van der Waals surface area contributed by atoms with Gasteiger partial charge in [-0.1, -0.05) is 57.9 Å². The first-order valence-electron chi connectivity index (χ1n) is 9.18. The number of rotatable bonds is 6. The third kappa shape index (κ3) is 7.56. The number of ether oxygens (including phenoxy) is 1. The minimum Gasteiger partial charge on any atom is -0.462 e. The van der Waals surface area contributed by atoms with Crippen LogP contribution in [0.1, 0.15) is 34.1 Å². The van der Waals surface area contributed by atoms with Crippen molar-refractivity contribution in [1.29, 1.82) is 0 Å². The lowest BCUT2D eigenvalue weighted by atomic mass is 9.75. The molecule has 0 aromatic heterocycles. The summed E-state index contributed by atoms with van der Waals surface area (Å²) in [5, 5.41) is 0.484. The Hall–Kier alpha value is -2.12. The summed E-state index contributed by atoms with van der Waals surface area (Å²) >= 11 is 1.99. The Bertz CT molecular complexity index is 716. The van der Waals surface area contributed by atoms with Crippen molar-refractivity contribution in [3.8, 4) is 11.8 Å². The van der Waals surface area contributed by atoms with Gasteiger partial charge in [0.2, 0.25) is 0 Å². The summed E-state index contributed by atoms with van der Waals surface area (Å²) in [6.45, 7) is 16.9. The van der Waals surface area contributed by atoms with Gasteiger partial charge in [0.25, 0.3) is 0 Å². The van der Waals surface area contributed by atoms with E-state index in [4.69, 9.17) is 10.5 Å². The molecular formula is C23H31NO2S. The maximum absolute atomic E-state index is 11.6. The van der Waals surface area contributed by atoms with E-state index in [1.54, 1.807) is 19.1 Å². The van der Waals surface area contributed by atoms with Crippen LogP contribution in [0.2, 0.25) is 0 Å². The third-order valence-corrected chi connectivity index (χ3v) is 6.20. The zero-order valence-corrected chi connectivity index (χ0v) is 17.7. The lowest BCUT2D eigenvalue weighted by Crippen LogP contribution is -2.34. The lowest BCUT2D eigenvalue weighted by molar-refractivity contribution is -0.138. The summed E-state index contributed by atoms with van der Waals surface area (Å²) in [6.07, 6.45) is 9.85. The van der Waals surface area contributed by atoms with Gasteiger partial charge in [-0.25, -0.2) is 4.79 Å². The van der Waals surface area contributed by atoms with Gasteiger partial charge < -0.3 is 10.5 Å². The molecule has 1 saturated heterocycles. The molecule has 3 nitrogen and oxygen atoms in total. The maximum Gasteiger partial charge on any atom is 0.339 e. The molecule has 0 aliphatic carbocycles. The molecule has 1 rings (SSSR count). The van der Waals surface area contributed by atoms with E-state index in [0.29, 0.717) is 28.8 Å². The Kier molecular flexibility index (Phi) is 9.25. The van der Waals surface area contributed by atoms with Crippen molar-refractivity contribution >= 4 is 17.7 Å². The smallest absolute Gasteiger partial charge is 0.339 e. The molecule has 1 aliphatic heterocycles. The molecule has 0 saturated carbocycles. The average molecular weight is 386 g/mol. The van der Waals surface area contributed by atoms with E-state index in [1.165, 1.54) is 18.4 Å². The van der Waals surface area contributed by atoms with Crippen LogP contribution >= 0.6 is 11.8 Å². The number of allylic oxidation sites excluding steroid dienone is 4. The van der Waals surface area contributed by atoms with Gasteiger partial charge in [-0.3, -0.25) is 0 Å². The highest BCUT2D eigenvalue weighted by atomic mass is 32.2. The van der Waals surface area contributed by atoms with Gasteiger partial charge in [0.1, 0.15) is 0 Å². The van der Waals surface area contributed by atoms with Crippen molar-refractivity contribution in [3.05, 3.63) is 60.4 Å². The molecule has 1 aliphatic rings. The second-order valence-electron chi connectivity index (χ2n) is 7.20. The van der Waals surface area contributed by atoms with Crippen LogP contribution in [0.25, 0.3) is 0 Å². The van der Waals surface area contributed by atoms with Gasteiger partial charge in [0, 0.05) is 22.6 Å². The second kappa shape index (κ2) is 10.9. The molecule has 1 fully saturated rings. The number of hydrogen-bond donors (Lipinski definition) is 1. The molecule has 2 atom stereocenters. The van der Waals surface area contributed by atoms with Crippen LogP contribution in [-0.2, 0) is 9.53 Å². The molecule has 27 heavy (non-hydrogen) atoms. The minimum atomic E-state index is -0.466. The first kappa shape index (κ1) is 22.9. The molecule has 0 bridgehead atoms. The van der Waals surface area contributed by atoms with Crippen LogP contribution in [0, 0.1) is 23.2 Å². The molecule has 0 spiro atoms. The van der Waals surface area contributed by atoms with Gasteiger partial charge in [-0.15, -0.1) is 0 Å². The molecule has 2 N–H and O–H groups in total. The number of thioether (sulfide) groups is 1. The van der Waals surface area contributed by atoms with Crippen LogP contribution in [-0.4, -0.2) is 23.6 Å². The third-order valence-electron chi connectivity index (χ3n) is 4.81. The molecule has 0 aromatic rings. The van der Waals surface area contributed by atoms with Crippen LogP contribution in [0.3, 0.4) is 0 Å². The Morgan fingerprint density at radius 2 is 1.89 bits per heavy atom. The summed E-state index contributed by atoms with van der Waals surface area (Å²) in [6, 6.07) is 0. The fourth-order valence-corrected chi connectivity index (χ4v) is 4.31. The van der Waals surface area contributed by atoms with Gasteiger partial charge in [0.05, 0.1) is 12.2 Å². The van der Waals surface area contributed by atoms with E-state index in [9.17, 15) is 4.79 Å². The molecular weight excluding hydrogens is 354 g/mol. The molecule has 0 aromatic carbocycles. The van der Waals surface area contributed by atoms with Crippen molar-refractivity contribution < 1.29 is 9.53 Å². The molecule has 1 heterocycles. The van der Waals surface area contributed by atoms with Gasteiger partial charge in [0.15, 0.2) is 0 Å². The Morgan fingerprint density at radius 1 is 1.26 bits per heavy atom. The number of carbonyl (C=O) groups is 1. The Labute approximate surface area is 168 Å². The standard InChI is InChI=1S/C23H31NO2S/c1-7-26-22(25)20(16-24)12-10-17(2)8-9-18(3)11-13-21-19(4)23(5,6)14-15-27-21/h10-13,16,19,21H,2-3,7,14-15,24H2,1,4-6H3/b12-10-,13-11-,20-16+/t19?,21-/m1/s1. The van der Waals surface area contributed by atoms with E-state index >= 15 is 0 Å². The van der Waals surface area contributed by atoms with E-state index in [-0.39, 0.29) is 5.57 Å². The fraction of sp³-hybridized carbons (Fsp3) is 0.435. The number of nitrogens with two attached hydrogens (primary N) is 1. The summed E-state index contributed by atoms with van der Waals surface area (Å²) < 4.78 is 4.91. The van der Waals surface area contributed by atoms with Crippen LogP contribution in [0.15, 0.2) is 60.4 Å². The van der Waals surface area contributed by atoms with E-state index in [0.717, 1.165) is 5.57 Å². The first-order chi connectivity index (χ1) is 12.7. The fourth-order valence-electron chi connectivity index (χ4n) is 2.55. The lowest BCUT2D eigenvalue weighted by Gasteiger charge is -2.40. The maximum atomic E-state index is 11.6. The van der Waals surface area contributed by atoms with Gasteiger partial charge >= 0.3 is 5.97 Å². The van der Waals surface area contributed by atoms with Gasteiger partial charge in [-0.05, 0) is 42.6 Å². The zero-order valence-electron chi connectivity index (χ0n) is 16.9. The highest BCUT2D eigenvalue weighted by molar-refractivity contribution is 8.00. The zero-order chi connectivity index (χ0) is 20.4. The first-order valence-corrected chi connectivity index (χ1v) is 10.2. The summed E-state index contributed by atoms with van der Waals surface area (Å²) in [7, 11) is 0. The Balaban J connectivity index is 2.65. The largest absolute Gasteiger partial charge is 0.462 e. The minimum absolute atomic E-state index is 0.268. The van der Waals surface area contributed by atoms with Crippen molar-refractivity contribution in [1.82, 2.24) is 0 Å². The van der Waals surface area contributed by atoms with Crippen molar-refractivity contribution in [3.63, 3.8) is 0 Å². The Morgan fingerprint density at radius 3 is 2.48 bits per heavy atom. The van der Waals surface area contributed by atoms with Crippen LogP contribution < -0.4 is 5.73 Å². The SMILES string of the molecule is C=C(C#CC(=C)/C=C\[C@H]1SCCC(C)(C)C1C)/C=C\C(=C/N)C(=O)OCC. The predicted molar refractivity (Wildman–Crippen MR) is 117 cm³/mol. The highest BCUT2D eigenvalue weighted by Crippen LogP contribution is 2.43. The van der Waals surface area contributed by atoms with Crippen molar-refractivity contribution in [2.24, 2.45) is 17.1 Å². The summed E-state index contributed by atoms with van der Waals surface area (Å²) in [5.74, 6) is 7.26. The van der Waals surface area contributed by atoms with Crippen molar-refractivity contribution in [2.45, 2.75) is 39.4 Å². The predicted octanol–water partition coefficient (Wildman–Crippen LogP) is 4.79. The van der Waals surface area contributed by atoms with E-state index < -0.39 is 5.97 Å².